The molecule has 5 heteroatoms. The van der Waals surface area contributed by atoms with E-state index in [4.69, 9.17) is 15.5 Å². The summed E-state index contributed by atoms with van der Waals surface area (Å²) in [5.41, 5.74) is 8.16. The molecule has 2 aromatic rings. The summed E-state index contributed by atoms with van der Waals surface area (Å²) in [6.07, 6.45) is 5.02. The van der Waals surface area contributed by atoms with Crippen LogP contribution in [-0.2, 0) is 7.05 Å². The van der Waals surface area contributed by atoms with E-state index in [1.165, 1.54) is 25.7 Å². The van der Waals surface area contributed by atoms with Crippen molar-refractivity contribution < 1.29 is 4.74 Å². The average Bonchev–Trinajstić information content (AvgIpc) is 3.09. The summed E-state index contributed by atoms with van der Waals surface area (Å²) in [5.74, 6) is 3.21. The summed E-state index contributed by atoms with van der Waals surface area (Å²) >= 11 is 3.52. The molecule has 0 radical (unpaired) electrons. The molecule has 3 rings (SSSR count). The second-order valence-electron chi connectivity index (χ2n) is 5.59. The minimum absolute atomic E-state index is 0.549. The second kappa shape index (κ2) is 5.72. The van der Waals surface area contributed by atoms with E-state index in [0.29, 0.717) is 5.92 Å². The van der Waals surface area contributed by atoms with E-state index in [0.717, 1.165) is 33.1 Å². The SMILES string of the molecule is COc1ccc(-c2nc(C3CCCC3)n(C)c2N)cc1Br. The van der Waals surface area contributed by atoms with Gasteiger partial charge in [-0.25, -0.2) is 4.98 Å². The smallest absolute Gasteiger partial charge is 0.133 e. The van der Waals surface area contributed by atoms with Crippen molar-refractivity contribution >= 4 is 21.7 Å². The van der Waals surface area contributed by atoms with Crippen molar-refractivity contribution in [1.29, 1.82) is 0 Å². The van der Waals surface area contributed by atoms with Crippen LogP contribution in [0, 0.1) is 0 Å². The molecule has 1 aliphatic carbocycles. The molecule has 1 aliphatic rings. The molecule has 4 nitrogen and oxygen atoms in total. The molecule has 0 saturated heterocycles. The van der Waals surface area contributed by atoms with Gasteiger partial charge in [0.1, 0.15) is 23.1 Å². The van der Waals surface area contributed by atoms with Crippen molar-refractivity contribution in [2.45, 2.75) is 31.6 Å². The van der Waals surface area contributed by atoms with Crippen LogP contribution in [0.1, 0.15) is 37.4 Å². The first-order valence-electron chi connectivity index (χ1n) is 7.27. The maximum Gasteiger partial charge on any atom is 0.133 e. The minimum atomic E-state index is 0.549. The molecule has 0 atom stereocenters. The van der Waals surface area contributed by atoms with Gasteiger partial charge in [-0.05, 0) is 47.0 Å². The highest BCUT2D eigenvalue weighted by molar-refractivity contribution is 9.10. The third-order valence-electron chi connectivity index (χ3n) is 4.32. The number of anilines is 1. The first-order chi connectivity index (χ1) is 10.1. The van der Waals surface area contributed by atoms with E-state index in [-0.39, 0.29) is 0 Å². The maximum absolute atomic E-state index is 6.28. The number of benzene rings is 1. The van der Waals surface area contributed by atoms with E-state index < -0.39 is 0 Å². The summed E-state index contributed by atoms with van der Waals surface area (Å²) in [6, 6.07) is 5.94. The van der Waals surface area contributed by atoms with Gasteiger partial charge < -0.3 is 15.0 Å². The molecule has 0 aliphatic heterocycles. The van der Waals surface area contributed by atoms with Crippen LogP contribution in [-0.4, -0.2) is 16.7 Å². The van der Waals surface area contributed by atoms with Crippen LogP contribution in [0.4, 0.5) is 5.82 Å². The zero-order valence-corrected chi connectivity index (χ0v) is 14.0. The molecule has 0 spiro atoms. The van der Waals surface area contributed by atoms with Crippen LogP contribution in [0.2, 0.25) is 0 Å². The van der Waals surface area contributed by atoms with Crippen molar-refractivity contribution in [3.63, 3.8) is 0 Å². The van der Waals surface area contributed by atoms with Gasteiger partial charge in [0.2, 0.25) is 0 Å². The van der Waals surface area contributed by atoms with Gasteiger partial charge in [0, 0.05) is 18.5 Å². The normalized spacial score (nSPS) is 15.6. The minimum Gasteiger partial charge on any atom is -0.496 e. The van der Waals surface area contributed by atoms with Crippen LogP contribution in [0.15, 0.2) is 22.7 Å². The van der Waals surface area contributed by atoms with E-state index >= 15 is 0 Å². The highest BCUT2D eigenvalue weighted by atomic mass is 79.9. The summed E-state index contributed by atoms with van der Waals surface area (Å²) in [4.78, 5) is 4.83. The number of halogens is 1. The topological polar surface area (TPSA) is 53.1 Å². The Bertz CT molecular complexity index is 660. The monoisotopic (exact) mass is 349 g/mol. The van der Waals surface area contributed by atoms with Crippen molar-refractivity contribution in [1.82, 2.24) is 9.55 Å². The Morgan fingerprint density at radius 1 is 1.33 bits per heavy atom. The highest BCUT2D eigenvalue weighted by Crippen LogP contribution is 2.38. The molecule has 1 saturated carbocycles. The highest BCUT2D eigenvalue weighted by Gasteiger charge is 2.24. The molecule has 1 aromatic heterocycles. The molecule has 1 fully saturated rings. The number of hydrogen-bond donors (Lipinski definition) is 1. The largest absolute Gasteiger partial charge is 0.496 e. The molecular formula is C16H20BrN3O. The Hall–Kier alpha value is -1.49. The number of hydrogen-bond acceptors (Lipinski definition) is 3. The number of nitrogens with two attached hydrogens (primary N) is 1. The van der Waals surface area contributed by atoms with E-state index in [1.807, 2.05) is 29.8 Å². The van der Waals surface area contributed by atoms with Crippen molar-refractivity contribution in [3.05, 3.63) is 28.5 Å². The van der Waals surface area contributed by atoms with E-state index in [1.54, 1.807) is 7.11 Å². The second-order valence-corrected chi connectivity index (χ2v) is 6.45. The van der Waals surface area contributed by atoms with Gasteiger partial charge >= 0.3 is 0 Å². The Labute approximate surface area is 133 Å². The fraction of sp³-hybridized carbons (Fsp3) is 0.438. The van der Waals surface area contributed by atoms with Crippen molar-refractivity contribution in [2.75, 3.05) is 12.8 Å². The summed E-state index contributed by atoms with van der Waals surface area (Å²) in [5, 5.41) is 0. The van der Waals surface area contributed by atoms with Crippen molar-refractivity contribution in [2.24, 2.45) is 7.05 Å². The number of imidazole rings is 1. The maximum atomic E-state index is 6.28. The molecule has 1 heterocycles. The molecule has 1 aromatic carbocycles. The Kier molecular flexibility index (Phi) is 3.93. The molecule has 0 unspecified atom stereocenters. The van der Waals surface area contributed by atoms with Gasteiger partial charge in [-0.3, -0.25) is 0 Å². The lowest BCUT2D eigenvalue weighted by Crippen LogP contribution is -2.05. The number of ether oxygens (including phenoxy) is 1. The predicted octanol–water partition coefficient (Wildman–Crippen LogP) is 4.10. The summed E-state index contributed by atoms with van der Waals surface area (Å²) in [6.45, 7) is 0. The summed E-state index contributed by atoms with van der Waals surface area (Å²) in [7, 11) is 3.67. The third-order valence-corrected chi connectivity index (χ3v) is 4.94. The standard InChI is InChI=1S/C16H20BrN3O/c1-20-15(18)14(19-16(20)10-5-3-4-6-10)11-7-8-13(21-2)12(17)9-11/h7-10H,3-6,18H2,1-2H3. The van der Waals surface area contributed by atoms with Gasteiger partial charge in [-0.2, -0.15) is 0 Å². The van der Waals surface area contributed by atoms with E-state index in [9.17, 15) is 0 Å². The van der Waals surface area contributed by atoms with Crippen LogP contribution in [0.25, 0.3) is 11.3 Å². The fourth-order valence-electron chi connectivity index (χ4n) is 3.10. The number of nitrogen functional groups attached to an aromatic ring is 1. The lowest BCUT2D eigenvalue weighted by atomic mass is 10.1. The zero-order chi connectivity index (χ0) is 15.0. The number of methoxy groups -OCH3 is 1. The molecule has 0 bridgehead atoms. The quantitative estimate of drug-likeness (QED) is 0.907. The van der Waals surface area contributed by atoms with Gasteiger partial charge in [-0.15, -0.1) is 0 Å². The summed E-state index contributed by atoms with van der Waals surface area (Å²) < 4.78 is 8.23. The zero-order valence-electron chi connectivity index (χ0n) is 12.4. The number of nitrogens with zero attached hydrogens (tertiary/aromatic N) is 2. The lowest BCUT2D eigenvalue weighted by molar-refractivity contribution is 0.412. The fourth-order valence-corrected chi connectivity index (χ4v) is 3.65. The number of aromatic nitrogens is 2. The Morgan fingerprint density at radius 2 is 2.05 bits per heavy atom. The van der Waals surface area contributed by atoms with E-state index in [2.05, 4.69) is 15.9 Å². The van der Waals surface area contributed by atoms with Gasteiger partial charge in [0.15, 0.2) is 0 Å². The first-order valence-corrected chi connectivity index (χ1v) is 8.07. The molecule has 2 N–H and O–H groups in total. The lowest BCUT2D eigenvalue weighted by Gasteiger charge is -2.08. The Morgan fingerprint density at radius 3 is 2.67 bits per heavy atom. The van der Waals surface area contributed by atoms with Gasteiger partial charge in [0.05, 0.1) is 11.6 Å². The van der Waals surface area contributed by atoms with Crippen LogP contribution < -0.4 is 10.5 Å². The molecule has 112 valence electrons. The van der Waals surface area contributed by atoms with Crippen LogP contribution in [0.3, 0.4) is 0 Å². The predicted molar refractivity (Wildman–Crippen MR) is 88.5 cm³/mol. The van der Waals surface area contributed by atoms with Crippen LogP contribution >= 0.6 is 15.9 Å². The Balaban J connectivity index is 2.02. The number of rotatable bonds is 3. The average molecular weight is 350 g/mol. The van der Waals surface area contributed by atoms with Gasteiger partial charge in [0.25, 0.3) is 0 Å². The first kappa shape index (κ1) is 14.4. The molecule has 0 amide bonds. The molecule has 21 heavy (non-hydrogen) atoms. The van der Waals surface area contributed by atoms with Crippen LogP contribution in [0.5, 0.6) is 5.75 Å². The van der Waals surface area contributed by atoms with Crippen molar-refractivity contribution in [3.8, 4) is 17.0 Å². The molecular weight excluding hydrogens is 330 g/mol. The third kappa shape index (κ3) is 2.55. The van der Waals surface area contributed by atoms with Gasteiger partial charge in [-0.1, -0.05) is 12.8 Å².